The van der Waals surface area contributed by atoms with E-state index in [-0.39, 0.29) is 11.8 Å². The van der Waals surface area contributed by atoms with Crippen LogP contribution in [0.15, 0.2) is 17.5 Å². The molecule has 1 aromatic carbocycles. The topological polar surface area (TPSA) is 0 Å². The second kappa shape index (κ2) is 4.95. The van der Waals surface area contributed by atoms with Crippen molar-refractivity contribution in [2.24, 2.45) is 0 Å². The normalized spacial score (nSPS) is 12.4. The molecular formula is C12H13F3S. The van der Waals surface area contributed by atoms with Gasteiger partial charge in [0.05, 0.1) is 0 Å². The van der Waals surface area contributed by atoms with Crippen molar-refractivity contribution in [3.63, 3.8) is 0 Å². The van der Waals surface area contributed by atoms with Gasteiger partial charge in [0.1, 0.15) is 0 Å². The zero-order valence-corrected chi connectivity index (χ0v) is 10.2. The zero-order chi connectivity index (χ0) is 12.3. The third kappa shape index (κ3) is 3.93. The maximum atomic E-state index is 11.9. The molecule has 0 unspecified atom stereocenters. The Balaban J connectivity index is 2.90. The Morgan fingerprint density at radius 3 is 2.00 bits per heavy atom. The molecule has 0 aliphatic carbocycles. The molecule has 88 valence electrons. The zero-order valence-electron chi connectivity index (χ0n) is 9.35. The van der Waals surface area contributed by atoms with Gasteiger partial charge in [-0.05, 0) is 60.7 Å². The Hall–Kier alpha value is -0.900. The van der Waals surface area contributed by atoms with Crippen molar-refractivity contribution in [1.82, 2.24) is 0 Å². The summed E-state index contributed by atoms with van der Waals surface area (Å²) >= 11 is -0.131. The van der Waals surface area contributed by atoms with E-state index in [1.165, 1.54) is 6.08 Å². The van der Waals surface area contributed by atoms with Crippen molar-refractivity contribution in [1.29, 1.82) is 0 Å². The summed E-state index contributed by atoms with van der Waals surface area (Å²) in [4.78, 5) is 0. The first kappa shape index (κ1) is 13.2. The number of halogens is 3. The fourth-order valence-electron chi connectivity index (χ4n) is 1.63. The van der Waals surface area contributed by atoms with Crippen LogP contribution in [0.4, 0.5) is 13.2 Å². The van der Waals surface area contributed by atoms with E-state index in [4.69, 9.17) is 0 Å². The lowest BCUT2D eigenvalue weighted by Gasteiger charge is -2.07. The van der Waals surface area contributed by atoms with Crippen molar-refractivity contribution in [2.45, 2.75) is 26.3 Å². The van der Waals surface area contributed by atoms with Crippen molar-refractivity contribution in [3.8, 4) is 0 Å². The number of aryl methyl sites for hydroxylation is 3. The molecule has 0 atom stereocenters. The molecule has 0 aromatic heterocycles. The van der Waals surface area contributed by atoms with E-state index in [0.717, 1.165) is 27.7 Å². The van der Waals surface area contributed by atoms with E-state index in [1.54, 1.807) is 0 Å². The van der Waals surface area contributed by atoms with Gasteiger partial charge < -0.3 is 0 Å². The van der Waals surface area contributed by atoms with Gasteiger partial charge >= 0.3 is 5.51 Å². The number of alkyl halides is 3. The quantitative estimate of drug-likeness (QED) is 0.719. The SMILES string of the molecule is Cc1cc(C)c(/C=C/SC(F)(F)F)c(C)c1. The second-order valence-electron chi connectivity index (χ2n) is 3.68. The molecule has 0 aliphatic rings. The summed E-state index contributed by atoms with van der Waals surface area (Å²) in [5, 5.41) is 1.09. The summed E-state index contributed by atoms with van der Waals surface area (Å²) in [6.45, 7) is 5.77. The summed E-state index contributed by atoms with van der Waals surface area (Å²) in [7, 11) is 0. The average Bonchev–Trinajstić information content (AvgIpc) is 2.07. The molecule has 0 aliphatic heterocycles. The molecule has 0 amide bonds. The first-order valence-corrected chi connectivity index (χ1v) is 5.66. The number of hydrogen-bond donors (Lipinski definition) is 0. The van der Waals surface area contributed by atoms with Gasteiger partial charge in [0.25, 0.3) is 0 Å². The average molecular weight is 246 g/mol. The van der Waals surface area contributed by atoms with E-state index >= 15 is 0 Å². The molecule has 4 heteroatoms. The first-order valence-electron chi connectivity index (χ1n) is 4.78. The Bertz CT molecular complexity index is 382. The van der Waals surface area contributed by atoms with E-state index < -0.39 is 5.51 Å². The summed E-state index contributed by atoms with van der Waals surface area (Å²) in [6, 6.07) is 3.93. The number of thioether (sulfide) groups is 1. The van der Waals surface area contributed by atoms with Crippen molar-refractivity contribution in [3.05, 3.63) is 39.8 Å². The summed E-state index contributed by atoms with van der Waals surface area (Å²) < 4.78 is 35.8. The van der Waals surface area contributed by atoms with Crippen molar-refractivity contribution in [2.75, 3.05) is 0 Å². The molecule has 0 saturated carbocycles. The van der Waals surface area contributed by atoms with Crippen LogP contribution in [0.1, 0.15) is 22.3 Å². The van der Waals surface area contributed by atoms with Crippen LogP contribution in [0.5, 0.6) is 0 Å². The minimum atomic E-state index is -4.21. The monoisotopic (exact) mass is 246 g/mol. The van der Waals surface area contributed by atoms with E-state index in [2.05, 4.69) is 0 Å². The highest BCUT2D eigenvalue weighted by Gasteiger charge is 2.26. The molecule has 0 spiro atoms. The van der Waals surface area contributed by atoms with Crippen LogP contribution >= 0.6 is 11.8 Å². The van der Waals surface area contributed by atoms with Crippen molar-refractivity contribution < 1.29 is 13.2 Å². The molecule has 0 saturated heterocycles. The highest BCUT2D eigenvalue weighted by Crippen LogP contribution is 2.32. The Kier molecular flexibility index (Phi) is 4.08. The third-order valence-electron chi connectivity index (χ3n) is 2.17. The standard InChI is InChI=1S/C12H13F3S/c1-8-6-9(2)11(10(3)7-8)4-5-16-12(13,14)15/h4-7H,1-3H3/b5-4+. The smallest absolute Gasteiger partial charge is 0.160 e. The molecule has 0 bridgehead atoms. The molecule has 0 nitrogen and oxygen atoms in total. The molecule has 0 heterocycles. The van der Waals surface area contributed by atoms with Crippen LogP contribution in [0.2, 0.25) is 0 Å². The van der Waals surface area contributed by atoms with Gasteiger partial charge in [0, 0.05) is 0 Å². The van der Waals surface area contributed by atoms with Gasteiger partial charge in [-0.25, -0.2) is 0 Å². The maximum Gasteiger partial charge on any atom is 0.445 e. The predicted molar refractivity (Wildman–Crippen MR) is 63.3 cm³/mol. The second-order valence-corrected chi connectivity index (χ2v) is 4.65. The highest BCUT2D eigenvalue weighted by molar-refractivity contribution is 8.03. The molecule has 1 rings (SSSR count). The molecule has 16 heavy (non-hydrogen) atoms. The van der Waals surface area contributed by atoms with Crippen LogP contribution < -0.4 is 0 Å². The maximum absolute atomic E-state index is 11.9. The van der Waals surface area contributed by atoms with Crippen LogP contribution in [0.25, 0.3) is 6.08 Å². The number of rotatable bonds is 2. The minimum Gasteiger partial charge on any atom is -0.160 e. The van der Waals surface area contributed by atoms with Gasteiger partial charge in [-0.3, -0.25) is 0 Å². The van der Waals surface area contributed by atoms with Crippen LogP contribution in [0.3, 0.4) is 0 Å². The van der Waals surface area contributed by atoms with E-state index in [9.17, 15) is 13.2 Å². The largest absolute Gasteiger partial charge is 0.445 e. The first-order chi connectivity index (χ1) is 7.29. The fourth-order valence-corrected chi connectivity index (χ4v) is 1.99. The fraction of sp³-hybridized carbons (Fsp3) is 0.333. The van der Waals surface area contributed by atoms with E-state index in [0.29, 0.717) is 0 Å². The Morgan fingerprint density at radius 1 is 1.06 bits per heavy atom. The lowest BCUT2D eigenvalue weighted by molar-refractivity contribution is -0.0319. The molecule has 0 radical (unpaired) electrons. The highest BCUT2D eigenvalue weighted by atomic mass is 32.2. The Morgan fingerprint density at radius 2 is 1.56 bits per heavy atom. The van der Waals surface area contributed by atoms with Gasteiger partial charge in [-0.1, -0.05) is 17.7 Å². The van der Waals surface area contributed by atoms with Gasteiger partial charge in [0.2, 0.25) is 0 Å². The third-order valence-corrected chi connectivity index (χ3v) is 2.71. The summed E-state index contributed by atoms with van der Waals surface area (Å²) in [5.74, 6) is 0. The van der Waals surface area contributed by atoms with Gasteiger partial charge in [-0.15, -0.1) is 0 Å². The van der Waals surface area contributed by atoms with Crippen molar-refractivity contribution >= 4 is 17.8 Å². The van der Waals surface area contributed by atoms with Gasteiger partial charge in [-0.2, -0.15) is 13.2 Å². The van der Waals surface area contributed by atoms with Crippen LogP contribution in [0, 0.1) is 20.8 Å². The number of benzene rings is 1. The number of hydrogen-bond acceptors (Lipinski definition) is 1. The van der Waals surface area contributed by atoms with E-state index in [1.807, 2.05) is 32.9 Å². The molecule has 1 aromatic rings. The molecule has 0 fully saturated rings. The van der Waals surface area contributed by atoms with Crippen LogP contribution in [-0.2, 0) is 0 Å². The summed E-state index contributed by atoms with van der Waals surface area (Å²) in [6.07, 6.45) is 1.52. The van der Waals surface area contributed by atoms with Gasteiger partial charge in [0.15, 0.2) is 0 Å². The Labute approximate surface area is 97.6 Å². The predicted octanol–water partition coefficient (Wildman–Crippen LogP) is 4.84. The lowest BCUT2D eigenvalue weighted by Crippen LogP contribution is -1.96. The van der Waals surface area contributed by atoms with Crippen LogP contribution in [-0.4, -0.2) is 5.51 Å². The minimum absolute atomic E-state index is 0.131. The lowest BCUT2D eigenvalue weighted by atomic mass is 10.0. The molecular weight excluding hydrogens is 233 g/mol. The summed E-state index contributed by atoms with van der Waals surface area (Å²) in [5.41, 5.74) is -0.228. The molecule has 0 N–H and O–H groups in total.